The lowest BCUT2D eigenvalue weighted by Crippen LogP contribution is -2.65. The molecular formula is C72H127NO13. The normalized spacial score (nSPS) is 23.9. The summed E-state index contributed by atoms with van der Waals surface area (Å²) in [6.45, 7) is 2.71. The standard InChI is InChI=1S/C72H127NO13/c1-3-5-7-9-11-13-15-17-19-21-23-25-26-27-28-29-30-31-32-33-34-36-38-40-42-44-46-48-50-52-54-56-64(77)73-60(61(76)55-53-51-49-47-45-43-41-39-37-35-24-22-20-18-16-14-12-10-8-6-4-2)59-83-71-69(82)67(80)70(63(58-75)85-71)86-72-68(81)66(79)65(78)62(57-74)84-72/h5,7,11,13,17,19,23,25,27-28,30-31,53,55,60-63,65-72,74-76,78-82H,3-4,6,8-10,12,14-16,18,20-22,24,26,29,32-52,54,56-59H2,1-2H3,(H,73,77)/b7-5-,13-11-,19-17-,25-23-,28-27-,31-30-,55-53+. The molecule has 0 spiro atoms. The van der Waals surface area contributed by atoms with Gasteiger partial charge in [-0.05, 0) is 70.6 Å². The number of ether oxygens (including phenoxy) is 4. The summed E-state index contributed by atoms with van der Waals surface area (Å²) in [5, 5.41) is 87.4. The van der Waals surface area contributed by atoms with Crippen molar-refractivity contribution in [2.45, 2.75) is 344 Å². The molecule has 0 bridgehead atoms. The minimum atomic E-state index is -1.79. The smallest absolute Gasteiger partial charge is 0.220 e. The predicted molar refractivity (Wildman–Crippen MR) is 350 cm³/mol. The molecule has 0 aromatic carbocycles. The summed E-state index contributed by atoms with van der Waals surface area (Å²) in [4.78, 5) is 13.3. The zero-order chi connectivity index (χ0) is 62.3. The van der Waals surface area contributed by atoms with Crippen LogP contribution in [0.15, 0.2) is 85.1 Å². The first-order valence-corrected chi connectivity index (χ1v) is 34.8. The van der Waals surface area contributed by atoms with Crippen LogP contribution >= 0.6 is 0 Å². The Kier molecular flexibility index (Phi) is 51.8. The number of unbranched alkanes of at least 4 members (excludes halogenated alkanes) is 31. The van der Waals surface area contributed by atoms with Crippen molar-refractivity contribution in [1.82, 2.24) is 5.32 Å². The summed E-state index contributed by atoms with van der Waals surface area (Å²) in [5.74, 6) is -0.242. The van der Waals surface area contributed by atoms with Gasteiger partial charge in [0.15, 0.2) is 12.6 Å². The van der Waals surface area contributed by atoms with Gasteiger partial charge < -0.3 is 65.1 Å². The Morgan fingerprint density at radius 2 is 0.802 bits per heavy atom. The highest BCUT2D eigenvalue weighted by Crippen LogP contribution is 2.30. The first-order valence-electron chi connectivity index (χ1n) is 34.8. The SMILES string of the molecule is CC/C=C\C/C=C\C/C=C\C/C=C\C/C=C\C/C=C\CCCCCCCCCCCCCCC(=O)NC(COC1OC(CO)C(OC2OC(CO)C(O)C(O)C2O)C(O)C1O)C(O)/C=C/CCCCCCCCCCCCCCCCCCCCC. The number of amides is 1. The van der Waals surface area contributed by atoms with Crippen LogP contribution in [0, 0.1) is 0 Å². The van der Waals surface area contributed by atoms with E-state index in [-0.39, 0.29) is 18.9 Å². The summed E-state index contributed by atoms with van der Waals surface area (Å²) >= 11 is 0. The molecule has 2 aliphatic rings. The number of carbonyl (C=O) groups excluding carboxylic acids is 1. The van der Waals surface area contributed by atoms with E-state index in [1.807, 2.05) is 6.08 Å². The average molecular weight is 1210 g/mol. The number of aliphatic hydroxyl groups is 8. The number of allylic oxidation sites excluding steroid dienone is 13. The quantitative estimate of drug-likeness (QED) is 0.0204. The highest BCUT2D eigenvalue weighted by Gasteiger charge is 2.51. The first kappa shape index (κ1) is 79.3. The number of carbonyl (C=O) groups is 1. The number of nitrogens with one attached hydrogen (secondary N) is 1. The molecule has 2 aliphatic heterocycles. The lowest BCUT2D eigenvalue weighted by atomic mass is 9.97. The van der Waals surface area contributed by atoms with Crippen molar-refractivity contribution in [1.29, 1.82) is 0 Å². The van der Waals surface area contributed by atoms with Gasteiger partial charge in [-0.2, -0.15) is 0 Å². The van der Waals surface area contributed by atoms with Gasteiger partial charge in [0.1, 0.15) is 48.8 Å². The van der Waals surface area contributed by atoms with Gasteiger partial charge in [-0.25, -0.2) is 0 Å². The summed E-state index contributed by atoms with van der Waals surface area (Å²) in [7, 11) is 0. The number of hydrogen-bond donors (Lipinski definition) is 9. The molecule has 2 heterocycles. The Bertz CT molecular complexity index is 1770. The van der Waals surface area contributed by atoms with Crippen LogP contribution in [0.2, 0.25) is 0 Å². The highest BCUT2D eigenvalue weighted by molar-refractivity contribution is 5.76. The molecule has 14 nitrogen and oxygen atoms in total. The van der Waals surface area contributed by atoms with Crippen molar-refractivity contribution < 1.29 is 64.6 Å². The van der Waals surface area contributed by atoms with Crippen molar-refractivity contribution >= 4 is 5.91 Å². The second-order valence-corrected chi connectivity index (χ2v) is 24.3. The molecule has 2 rings (SSSR count). The first-order chi connectivity index (χ1) is 42.1. The molecule has 86 heavy (non-hydrogen) atoms. The van der Waals surface area contributed by atoms with Gasteiger partial charge in [0.2, 0.25) is 5.91 Å². The van der Waals surface area contributed by atoms with Crippen LogP contribution in [0.3, 0.4) is 0 Å². The van der Waals surface area contributed by atoms with Crippen LogP contribution in [0.5, 0.6) is 0 Å². The van der Waals surface area contributed by atoms with Crippen molar-refractivity contribution in [2.75, 3.05) is 19.8 Å². The maximum atomic E-state index is 13.3. The Labute approximate surface area is 522 Å². The molecule has 0 radical (unpaired) electrons. The van der Waals surface area contributed by atoms with E-state index in [2.05, 4.69) is 92.1 Å². The van der Waals surface area contributed by atoms with E-state index in [0.29, 0.717) is 6.42 Å². The van der Waals surface area contributed by atoms with Crippen LogP contribution in [0.1, 0.15) is 271 Å². The number of aliphatic hydroxyl groups excluding tert-OH is 8. The van der Waals surface area contributed by atoms with Crippen LogP contribution in [0.25, 0.3) is 0 Å². The van der Waals surface area contributed by atoms with Crippen LogP contribution in [0.4, 0.5) is 0 Å². The van der Waals surface area contributed by atoms with Crippen molar-refractivity contribution in [3.05, 3.63) is 85.1 Å². The summed E-state index contributed by atoms with van der Waals surface area (Å²) < 4.78 is 22.9. The molecule has 1 amide bonds. The largest absolute Gasteiger partial charge is 0.394 e. The number of rotatable bonds is 56. The Hall–Kier alpha value is -2.83. The van der Waals surface area contributed by atoms with Crippen molar-refractivity contribution in [3.8, 4) is 0 Å². The van der Waals surface area contributed by atoms with E-state index in [1.165, 1.54) is 161 Å². The Balaban J connectivity index is 1.68. The van der Waals surface area contributed by atoms with Crippen LogP contribution in [-0.2, 0) is 23.7 Å². The number of hydrogen-bond acceptors (Lipinski definition) is 13. The molecular weight excluding hydrogens is 1090 g/mol. The lowest BCUT2D eigenvalue weighted by Gasteiger charge is -2.46. The van der Waals surface area contributed by atoms with E-state index >= 15 is 0 Å². The third kappa shape index (κ3) is 40.0. The molecule has 498 valence electrons. The molecule has 0 aromatic heterocycles. The second-order valence-electron chi connectivity index (χ2n) is 24.3. The van der Waals surface area contributed by atoms with Gasteiger partial charge >= 0.3 is 0 Å². The van der Waals surface area contributed by atoms with Gasteiger partial charge in [0.05, 0.1) is 32.0 Å². The zero-order valence-electron chi connectivity index (χ0n) is 54.0. The van der Waals surface area contributed by atoms with E-state index in [4.69, 9.17) is 18.9 Å². The predicted octanol–water partition coefficient (Wildman–Crippen LogP) is 14.0. The van der Waals surface area contributed by atoms with Gasteiger partial charge in [-0.15, -0.1) is 0 Å². The molecule has 0 aromatic rings. The van der Waals surface area contributed by atoms with Gasteiger partial charge in [0, 0.05) is 6.42 Å². The molecule has 12 unspecified atom stereocenters. The third-order valence-electron chi connectivity index (χ3n) is 16.6. The van der Waals surface area contributed by atoms with Gasteiger partial charge in [0.25, 0.3) is 0 Å². The molecule has 0 saturated carbocycles. The highest BCUT2D eigenvalue weighted by atomic mass is 16.7. The minimum Gasteiger partial charge on any atom is -0.394 e. The van der Waals surface area contributed by atoms with Crippen molar-refractivity contribution in [3.63, 3.8) is 0 Å². The van der Waals surface area contributed by atoms with E-state index in [0.717, 1.165) is 83.5 Å². The van der Waals surface area contributed by atoms with Crippen LogP contribution in [-0.4, -0.2) is 140 Å². The summed E-state index contributed by atoms with van der Waals surface area (Å²) in [6.07, 6.45) is 60.5. The molecule has 2 saturated heterocycles. The lowest BCUT2D eigenvalue weighted by molar-refractivity contribution is -0.359. The fraction of sp³-hybridized carbons (Fsp3) is 0.792. The fourth-order valence-corrected chi connectivity index (χ4v) is 11.1. The topological polar surface area (TPSA) is 228 Å². The molecule has 12 atom stereocenters. The second kappa shape index (κ2) is 56.2. The molecule has 14 heteroatoms. The monoisotopic (exact) mass is 1210 g/mol. The molecule has 2 fully saturated rings. The Morgan fingerprint density at radius 3 is 1.23 bits per heavy atom. The zero-order valence-corrected chi connectivity index (χ0v) is 54.0. The van der Waals surface area contributed by atoms with E-state index < -0.39 is 86.8 Å². The van der Waals surface area contributed by atoms with Gasteiger partial charge in [-0.3, -0.25) is 4.79 Å². The summed E-state index contributed by atoms with van der Waals surface area (Å²) in [5.41, 5.74) is 0. The Morgan fingerprint density at radius 1 is 0.430 bits per heavy atom. The maximum absolute atomic E-state index is 13.3. The van der Waals surface area contributed by atoms with E-state index in [1.54, 1.807) is 6.08 Å². The van der Waals surface area contributed by atoms with Crippen molar-refractivity contribution in [2.24, 2.45) is 0 Å². The fourth-order valence-electron chi connectivity index (χ4n) is 11.1. The van der Waals surface area contributed by atoms with Crippen LogP contribution < -0.4 is 5.32 Å². The molecule has 9 N–H and O–H groups in total. The minimum absolute atomic E-state index is 0.242. The molecule has 0 aliphatic carbocycles. The maximum Gasteiger partial charge on any atom is 0.220 e. The van der Waals surface area contributed by atoms with Gasteiger partial charge in [-0.1, -0.05) is 279 Å². The average Bonchev–Trinajstić information content (AvgIpc) is 2.54. The summed E-state index contributed by atoms with van der Waals surface area (Å²) in [6, 6.07) is -0.921. The van der Waals surface area contributed by atoms with E-state index in [9.17, 15) is 45.6 Å². The third-order valence-corrected chi connectivity index (χ3v) is 16.6.